The van der Waals surface area contributed by atoms with Gasteiger partial charge in [0, 0.05) is 18.3 Å². The molecular weight excluding hydrogens is 220 g/mol. The summed E-state index contributed by atoms with van der Waals surface area (Å²) in [6.45, 7) is 0. The minimum absolute atomic E-state index is 0.203. The van der Waals surface area contributed by atoms with Crippen LogP contribution in [0.25, 0.3) is 5.65 Å². The van der Waals surface area contributed by atoms with Crippen LogP contribution in [0.1, 0.15) is 34.8 Å². The van der Waals surface area contributed by atoms with Gasteiger partial charge in [-0.05, 0) is 18.9 Å². The lowest BCUT2D eigenvalue weighted by Gasteiger charge is -2.03. The van der Waals surface area contributed by atoms with Crippen LogP contribution in [0, 0.1) is 0 Å². The van der Waals surface area contributed by atoms with Crippen LogP contribution in [0.3, 0.4) is 0 Å². The molecule has 1 fully saturated rings. The molecule has 1 saturated carbocycles. The van der Waals surface area contributed by atoms with Crippen molar-refractivity contribution in [1.29, 1.82) is 0 Å². The van der Waals surface area contributed by atoms with Gasteiger partial charge in [0.15, 0.2) is 11.4 Å². The molecular formula is C12H12N2O3. The van der Waals surface area contributed by atoms with Gasteiger partial charge in [0.05, 0.1) is 18.4 Å². The average Bonchev–Trinajstić information content (AvgIpc) is 3.07. The largest absolute Gasteiger partial charge is 0.493 e. The lowest BCUT2D eigenvalue weighted by Crippen LogP contribution is -2.00. The molecule has 1 aliphatic carbocycles. The number of methoxy groups -OCH3 is 1. The molecule has 2 aromatic rings. The monoisotopic (exact) mass is 232 g/mol. The molecule has 17 heavy (non-hydrogen) atoms. The molecule has 88 valence electrons. The number of carboxylic acids is 1. The SMILES string of the molecule is COc1cc(C(=O)O)cn2cc(C3CC3)nc12. The van der Waals surface area contributed by atoms with Crippen LogP contribution in [0.15, 0.2) is 18.5 Å². The molecule has 0 amide bonds. The van der Waals surface area contributed by atoms with Crippen LogP contribution in [-0.2, 0) is 0 Å². The van der Waals surface area contributed by atoms with Gasteiger partial charge in [0.25, 0.3) is 0 Å². The molecule has 1 aliphatic rings. The van der Waals surface area contributed by atoms with Gasteiger partial charge >= 0.3 is 5.97 Å². The molecule has 0 spiro atoms. The summed E-state index contributed by atoms with van der Waals surface area (Å²) in [6, 6.07) is 1.50. The number of aromatic carboxylic acids is 1. The number of nitrogens with zero attached hydrogens (tertiary/aromatic N) is 2. The minimum atomic E-state index is -0.966. The van der Waals surface area contributed by atoms with Gasteiger partial charge in [-0.2, -0.15) is 0 Å². The number of aromatic nitrogens is 2. The molecule has 0 aliphatic heterocycles. The summed E-state index contributed by atoms with van der Waals surface area (Å²) in [7, 11) is 1.52. The minimum Gasteiger partial charge on any atom is -0.493 e. The van der Waals surface area contributed by atoms with E-state index in [2.05, 4.69) is 4.98 Å². The Hall–Kier alpha value is -2.04. The fraction of sp³-hybridized carbons (Fsp3) is 0.333. The Morgan fingerprint density at radius 1 is 1.53 bits per heavy atom. The van der Waals surface area contributed by atoms with Crippen molar-refractivity contribution in [2.75, 3.05) is 7.11 Å². The van der Waals surface area contributed by atoms with Gasteiger partial charge in [0.1, 0.15) is 0 Å². The zero-order valence-corrected chi connectivity index (χ0v) is 9.38. The zero-order valence-electron chi connectivity index (χ0n) is 9.38. The van der Waals surface area contributed by atoms with E-state index in [9.17, 15) is 4.79 Å². The third-order valence-corrected chi connectivity index (χ3v) is 3.00. The number of rotatable bonds is 3. The normalized spacial score (nSPS) is 15.1. The highest BCUT2D eigenvalue weighted by atomic mass is 16.5. The number of carboxylic acid groups (broad SMARTS) is 1. The van der Waals surface area contributed by atoms with E-state index in [1.54, 1.807) is 10.6 Å². The van der Waals surface area contributed by atoms with Gasteiger partial charge < -0.3 is 14.2 Å². The van der Waals surface area contributed by atoms with Crippen LogP contribution in [0.2, 0.25) is 0 Å². The van der Waals surface area contributed by atoms with Crippen molar-refractivity contribution < 1.29 is 14.6 Å². The first-order valence-electron chi connectivity index (χ1n) is 5.49. The second-order valence-electron chi connectivity index (χ2n) is 4.27. The van der Waals surface area contributed by atoms with Gasteiger partial charge in [-0.3, -0.25) is 0 Å². The third-order valence-electron chi connectivity index (χ3n) is 3.00. The highest BCUT2D eigenvalue weighted by Gasteiger charge is 2.27. The Balaban J connectivity index is 2.21. The van der Waals surface area contributed by atoms with Crippen LogP contribution in [0.4, 0.5) is 0 Å². The lowest BCUT2D eigenvalue weighted by molar-refractivity contribution is 0.0696. The van der Waals surface area contributed by atoms with Crippen LogP contribution < -0.4 is 4.74 Å². The van der Waals surface area contributed by atoms with Gasteiger partial charge in [-0.25, -0.2) is 9.78 Å². The Kier molecular flexibility index (Phi) is 2.07. The molecule has 0 bridgehead atoms. The van der Waals surface area contributed by atoms with E-state index in [1.807, 2.05) is 6.20 Å². The first-order valence-corrected chi connectivity index (χ1v) is 5.49. The number of hydrogen-bond donors (Lipinski definition) is 1. The summed E-state index contributed by atoms with van der Waals surface area (Å²) in [4.78, 5) is 15.5. The van der Waals surface area contributed by atoms with E-state index < -0.39 is 5.97 Å². The third kappa shape index (κ3) is 1.63. The van der Waals surface area contributed by atoms with Crippen molar-refractivity contribution in [2.24, 2.45) is 0 Å². The van der Waals surface area contributed by atoms with Crippen LogP contribution in [-0.4, -0.2) is 27.6 Å². The quantitative estimate of drug-likeness (QED) is 0.878. The van der Waals surface area contributed by atoms with Crippen LogP contribution >= 0.6 is 0 Å². The second-order valence-corrected chi connectivity index (χ2v) is 4.27. The molecule has 2 aromatic heterocycles. The maximum absolute atomic E-state index is 11.0. The van der Waals surface area contributed by atoms with E-state index in [0.717, 1.165) is 18.5 Å². The summed E-state index contributed by atoms with van der Waals surface area (Å²) in [5.41, 5.74) is 1.90. The molecule has 0 atom stereocenters. The Morgan fingerprint density at radius 2 is 2.29 bits per heavy atom. The molecule has 0 radical (unpaired) electrons. The van der Waals surface area contributed by atoms with E-state index in [1.165, 1.54) is 13.2 Å². The van der Waals surface area contributed by atoms with Crippen molar-refractivity contribution >= 4 is 11.6 Å². The maximum atomic E-state index is 11.0. The zero-order chi connectivity index (χ0) is 12.0. The first-order chi connectivity index (χ1) is 8.19. The predicted octanol–water partition coefficient (Wildman–Crippen LogP) is 1.92. The average molecular weight is 232 g/mol. The highest BCUT2D eigenvalue weighted by Crippen LogP contribution is 2.40. The van der Waals surface area contributed by atoms with Crippen molar-refractivity contribution in [2.45, 2.75) is 18.8 Å². The number of fused-ring (bicyclic) bond motifs is 1. The summed E-state index contributed by atoms with van der Waals surface area (Å²) in [6.07, 6.45) is 5.79. The van der Waals surface area contributed by atoms with Gasteiger partial charge in [0.2, 0.25) is 0 Å². The van der Waals surface area contributed by atoms with Gasteiger partial charge in [-0.1, -0.05) is 0 Å². The molecule has 0 aromatic carbocycles. The van der Waals surface area contributed by atoms with E-state index >= 15 is 0 Å². The van der Waals surface area contributed by atoms with Crippen molar-refractivity contribution in [3.05, 3.63) is 29.7 Å². The molecule has 5 nitrogen and oxygen atoms in total. The van der Waals surface area contributed by atoms with E-state index in [-0.39, 0.29) is 5.56 Å². The molecule has 0 saturated heterocycles. The Morgan fingerprint density at radius 3 is 2.88 bits per heavy atom. The summed E-state index contributed by atoms with van der Waals surface area (Å²) in [5, 5.41) is 9.00. The Labute approximate surface area is 97.7 Å². The van der Waals surface area contributed by atoms with Crippen molar-refractivity contribution in [3.8, 4) is 5.75 Å². The topological polar surface area (TPSA) is 63.8 Å². The number of ether oxygens (including phenoxy) is 1. The molecule has 2 heterocycles. The highest BCUT2D eigenvalue weighted by molar-refractivity contribution is 5.88. The standard InChI is InChI=1S/C12H12N2O3/c1-17-10-4-8(12(15)16)5-14-6-9(7-2-3-7)13-11(10)14/h4-7H,2-3H2,1H3,(H,15,16). The predicted molar refractivity (Wildman–Crippen MR) is 60.7 cm³/mol. The van der Waals surface area contributed by atoms with Gasteiger partial charge in [-0.15, -0.1) is 0 Å². The van der Waals surface area contributed by atoms with Crippen LogP contribution in [0.5, 0.6) is 5.75 Å². The first kappa shape index (κ1) is 10.1. The maximum Gasteiger partial charge on any atom is 0.337 e. The van der Waals surface area contributed by atoms with E-state index in [4.69, 9.17) is 9.84 Å². The molecule has 3 rings (SSSR count). The number of carbonyl (C=O) groups is 1. The fourth-order valence-corrected chi connectivity index (χ4v) is 1.93. The number of pyridine rings is 1. The number of hydrogen-bond acceptors (Lipinski definition) is 3. The van der Waals surface area contributed by atoms with Crippen molar-refractivity contribution in [3.63, 3.8) is 0 Å². The molecule has 0 unspecified atom stereocenters. The van der Waals surface area contributed by atoms with Crippen molar-refractivity contribution in [1.82, 2.24) is 9.38 Å². The second kappa shape index (κ2) is 3.48. The fourth-order valence-electron chi connectivity index (χ4n) is 1.93. The summed E-state index contributed by atoms with van der Waals surface area (Å²) in [5.74, 6) is 0.0663. The van der Waals surface area contributed by atoms with E-state index in [0.29, 0.717) is 17.3 Å². The smallest absolute Gasteiger partial charge is 0.337 e. The number of imidazole rings is 1. The summed E-state index contributed by atoms with van der Waals surface area (Å²) >= 11 is 0. The lowest BCUT2D eigenvalue weighted by atomic mass is 10.3. The molecule has 1 N–H and O–H groups in total. The molecule has 5 heteroatoms. The summed E-state index contributed by atoms with van der Waals surface area (Å²) < 4.78 is 6.92. The Bertz CT molecular complexity index is 599.